The van der Waals surface area contributed by atoms with E-state index in [-0.39, 0.29) is 34.0 Å². The van der Waals surface area contributed by atoms with Gasteiger partial charge in [-0.15, -0.1) is 0 Å². The van der Waals surface area contributed by atoms with Crippen LogP contribution in [0.1, 0.15) is 73.4 Å². The zero-order valence-electron chi connectivity index (χ0n) is 21.9. The Bertz CT molecular complexity index is 1330. The molecule has 0 aliphatic heterocycles. The molecule has 3 aromatic rings. The number of nitrogens with zero attached hydrogens (tertiary/aromatic N) is 2. The predicted molar refractivity (Wildman–Crippen MR) is 140 cm³/mol. The van der Waals surface area contributed by atoms with Crippen LogP contribution in [0, 0.1) is 20.2 Å². The summed E-state index contributed by atoms with van der Waals surface area (Å²) in [7, 11) is 0. The van der Waals surface area contributed by atoms with E-state index in [9.17, 15) is 29.8 Å². The fourth-order valence-electron chi connectivity index (χ4n) is 3.70. The predicted octanol–water partition coefficient (Wildman–Crippen LogP) is 6.54. The SMILES string of the molecule is CC(C)(C)c1cc([N+](=O)[O-])ccc1OC(=O)c1cccc(C(=O)Oc2ccc([N+](=O)[O-])cc2C(C)(C)C)c1. The standard InChI is InChI=1S/C28H28N2O8/c1-27(2,3)21-15-19(29(33)34)10-12-23(21)37-25(31)17-8-7-9-18(14-17)26(32)38-24-13-11-20(30(35)36)16-22(24)28(4,5)6/h7-16H,1-6H3. The van der Waals surface area contributed by atoms with Crippen molar-refractivity contribution in [3.05, 3.63) is 103 Å². The van der Waals surface area contributed by atoms with Crippen molar-refractivity contribution in [1.29, 1.82) is 0 Å². The van der Waals surface area contributed by atoms with Crippen LogP contribution >= 0.6 is 0 Å². The molecule has 0 fully saturated rings. The first-order valence-corrected chi connectivity index (χ1v) is 11.7. The number of benzene rings is 3. The topological polar surface area (TPSA) is 139 Å². The summed E-state index contributed by atoms with van der Waals surface area (Å²) in [6.45, 7) is 11.0. The van der Waals surface area contributed by atoms with Gasteiger partial charge in [-0.25, -0.2) is 9.59 Å². The number of non-ortho nitro benzene ring substituents is 2. The van der Waals surface area contributed by atoms with Gasteiger partial charge in [-0.05, 0) is 41.2 Å². The van der Waals surface area contributed by atoms with Gasteiger partial charge >= 0.3 is 11.9 Å². The van der Waals surface area contributed by atoms with E-state index in [1.807, 2.05) is 41.5 Å². The van der Waals surface area contributed by atoms with Gasteiger partial charge in [-0.3, -0.25) is 20.2 Å². The maximum atomic E-state index is 13.0. The quantitative estimate of drug-likeness (QED) is 0.155. The number of carbonyl (C=O) groups excluding carboxylic acids is 2. The summed E-state index contributed by atoms with van der Waals surface area (Å²) >= 11 is 0. The lowest BCUT2D eigenvalue weighted by Gasteiger charge is -2.22. The third-order valence-corrected chi connectivity index (χ3v) is 5.70. The average molecular weight is 521 g/mol. The molecule has 3 rings (SSSR count). The summed E-state index contributed by atoms with van der Waals surface area (Å²) in [5.74, 6) is -1.18. The van der Waals surface area contributed by atoms with Crippen LogP contribution in [0.15, 0.2) is 60.7 Å². The first kappa shape index (κ1) is 28.0. The molecule has 10 heteroatoms. The molecule has 0 saturated carbocycles. The summed E-state index contributed by atoms with van der Waals surface area (Å²) in [6, 6.07) is 13.7. The summed E-state index contributed by atoms with van der Waals surface area (Å²) in [4.78, 5) is 47.3. The Hall–Kier alpha value is -4.60. The number of nitro groups is 2. The zero-order valence-corrected chi connectivity index (χ0v) is 21.9. The number of carbonyl (C=O) groups is 2. The van der Waals surface area contributed by atoms with E-state index in [2.05, 4.69) is 0 Å². The highest BCUT2D eigenvalue weighted by atomic mass is 16.6. The first-order valence-electron chi connectivity index (χ1n) is 11.7. The Morgan fingerprint density at radius 2 is 1.00 bits per heavy atom. The third-order valence-electron chi connectivity index (χ3n) is 5.70. The maximum Gasteiger partial charge on any atom is 0.343 e. The second-order valence-electron chi connectivity index (χ2n) is 10.7. The average Bonchev–Trinajstić information content (AvgIpc) is 2.82. The number of esters is 2. The van der Waals surface area contributed by atoms with Crippen molar-refractivity contribution in [1.82, 2.24) is 0 Å². The van der Waals surface area contributed by atoms with Crippen LogP contribution < -0.4 is 9.47 Å². The molecule has 0 unspecified atom stereocenters. The molecule has 0 aromatic heterocycles. The van der Waals surface area contributed by atoms with Crippen LogP contribution in [0.5, 0.6) is 11.5 Å². The molecular weight excluding hydrogens is 492 g/mol. The molecule has 0 amide bonds. The molecule has 0 aliphatic carbocycles. The molecular formula is C28H28N2O8. The van der Waals surface area contributed by atoms with Crippen LogP contribution in [0.25, 0.3) is 0 Å². The summed E-state index contributed by atoms with van der Waals surface area (Å²) < 4.78 is 11.1. The van der Waals surface area contributed by atoms with Crippen LogP contribution in [-0.2, 0) is 10.8 Å². The van der Waals surface area contributed by atoms with Crippen LogP contribution in [-0.4, -0.2) is 21.8 Å². The van der Waals surface area contributed by atoms with Crippen molar-refractivity contribution in [3.8, 4) is 11.5 Å². The monoisotopic (exact) mass is 520 g/mol. The van der Waals surface area contributed by atoms with Gasteiger partial charge in [0.25, 0.3) is 11.4 Å². The van der Waals surface area contributed by atoms with Gasteiger partial charge in [-0.1, -0.05) is 47.6 Å². The minimum atomic E-state index is -0.760. The molecule has 38 heavy (non-hydrogen) atoms. The van der Waals surface area contributed by atoms with Crippen LogP contribution in [0.4, 0.5) is 11.4 Å². The fraction of sp³-hybridized carbons (Fsp3) is 0.286. The number of hydrogen-bond acceptors (Lipinski definition) is 8. The molecule has 0 saturated heterocycles. The minimum Gasteiger partial charge on any atom is -0.423 e. The Balaban J connectivity index is 1.88. The Morgan fingerprint density at radius 3 is 1.32 bits per heavy atom. The lowest BCUT2D eigenvalue weighted by Crippen LogP contribution is -2.18. The Kier molecular flexibility index (Phi) is 7.66. The van der Waals surface area contributed by atoms with E-state index in [0.29, 0.717) is 11.1 Å². The van der Waals surface area contributed by atoms with E-state index in [4.69, 9.17) is 9.47 Å². The Labute approximate surface area is 219 Å². The van der Waals surface area contributed by atoms with Gasteiger partial charge in [0.2, 0.25) is 0 Å². The van der Waals surface area contributed by atoms with E-state index in [1.54, 1.807) is 0 Å². The highest BCUT2D eigenvalue weighted by Crippen LogP contribution is 2.36. The molecule has 0 atom stereocenters. The summed E-state index contributed by atoms with van der Waals surface area (Å²) in [5, 5.41) is 22.4. The largest absolute Gasteiger partial charge is 0.423 e. The molecule has 0 radical (unpaired) electrons. The molecule has 0 aliphatic rings. The summed E-state index contributed by atoms with van der Waals surface area (Å²) in [6.07, 6.45) is 0. The minimum absolute atomic E-state index is 0.0670. The van der Waals surface area contributed by atoms with Gasteiger partial charge in [0.05, 0.1) is 21.0 Å². The molecule has 10 nitrogen and oxygen atoms in total. The highest BCUT2D eigenvalue weighted by Gasteiger charge is 2.26. The normalized spacial score (nSPS) is 11.5. The van der Waals surface area contributed by atoms with Crippen molar-refractivity contribution in [2.75, 3.05) is 0 Å². The lowest BCUT2D eigenvalue weighted by molar-refractivity contribution is -0.385. The van der Waals surface area contributed by atoms with E-state index >= 15 is 0 Å². The summed E-state index contributed by atoms with van der Waals surface area (Å²) in [5.41, 5.74) is -0.270. The third kappa shape index (κ3) is 6.39. The van der Waals surface area contributed by atoms with Gasteiger partial charge in [0, 0.05) is 35.4 Å². The van der Waals surface area contributed by atoms with Crippen molar-refractivity contribution in [2.24, 2.45) is 0 Å². The van der Waals surface area contributed by atoms with Crippen molar-refractivity contribution >= 4 is 23.3 Å². The number of nitro benzene ring substituents is 2. The molecule has 3 aromatic carbocycles. The molecule has 198 valence electrons. The Morgan fingerprint density at radius 1 is 0.632 bits per heavy atom. The van der Waals surface area contributed by atoms with E-state index in [0.717, 1.165) is 0 Å². The fourth-order valence-corrected chi connectivity index (χ4v) is 3.70. The maximum absolute atomic E-state index is 13.0. The van der Waals surface area contributed by atoms with E-state index in [1.165, 1.54) is 60.7 Å². The molecule has 0 N–H and O–H groups in total. The highest BCUT2D eigenvalue weighted by molar-refractivity contribution is 5.97. The van der Waals surface area contributed by atoms with Crippen LogP contribution in [0.3, 0.4) is 0 Å². The van der Waals surface area contributed by atoms with Crippen molar-refractivity contribution < 1.29 is 28.9 Å². The molecule has 0 bridgehead atoms. The number of rotatable bonds is 6. The van der Waals surface area contributed by atoms with Crippen LogP contribution in [0.2, 0.25) is 0 Å². The van der Waals surface area contributed by atoms with Crippen molar-refractivity contribution in [2.45, 2.75) is 52.4 Å². The zero-order chi connectivity index (χ0) is 28.4. The van der Waals surface area contributed by atoms with Gasteiger partial charge in [0.15, 0.2) is 0 Å². The second-order valence-corrected chi connectivity index (χ2v) is 10.7. The molecule has 0 spiro atoms. The smallest absolute Gasteiger partial charge is 0.343 e. The van der Waals surface area contributed by atoms with Crippen molar-refractivity contribution in [3.63, 3.8) is 0 Å². The number of ether oxygens (including phenoxy) is 2. The van der Waals surface area contributed by atoms with E-state index < -0.39 is 32.6 Å². The first-order chi connectivity index (χ1) is 17.6. The molecule has 0 heterocycles. The second kappa shape index (κ2) is 10.4. The van der Waals surface area contributed by atoms with Gasteiger partial charge in [-0.2, -0.15) is 0 Å². The van der Waals surface area contributed by atoms with Gasteiger partial charge < -0.3 is 9.47 Å². The number of hydrogen-bond donors (Lipinski definition) is 0. The lowest BCUT2D eigenvalue weighted by atomic mass is 9.86. The van der Waals surface area contributed by atoms with Gasteiger partial charge in [0.1, 0.15) is 11.5 Å².